The number of nitrogens with one attached hydrogen (secondary N) is 1. The summed E-state index contributed by atoms with van der Waals surface area (Å²) in [6, 6.07) is 11.2. The van der Waals surface area contributed by atoms with Gasteiger partial charge >= 0.3 is 5.97 Å². The molecule has 0 amide bonds. The van der Waals surface area contributed by atoms with E-state index in [4.69, 9.17) is 14.2 Å². The molecule has 196 valence electrons. The molecule has 4 rings (SSSR count). The van der Waals surface area contributed by atoms with Crippen LogP contribution >= 0.6 is 15.9 Å². The van der Waals surface area contributed by atoms with Gasteiger partial charge in [0.15, 0.2) is 17.3 Å². The molecule has 0 bridgehead atoms. The predicted molar refractivity (Wildman–Crippen MR) is 144 cm³/mol. The lowest BCUT2D eigenvalue weighted by atomic mass is 9.71. The number of dihydropyridines is 1. The Morgan fingerprint density at radius 1 is 1.16 bits per heavy atom. The highest BCUT2D eigenvalue weighted by atomic mass is 79.9. The lowest BCUT2D eigenvalue weighted by Crippen LogP contribution is -2.36. The van der Waals surface area contributed by atoms with Crippen molar-refractivity contribution in [3.63, 3.8) is 0 Å². The topological polar surface area (TPSA) is 94.1 Å². The molecule has 8 heteroatoms. The zero-order chi connectivity index (χ0) is 26.9. The van der Waals surface area contributed by atoms with Crippen molar-refractivity contribution in [2.45, 2.75) is 58.5 Å². The van der Waals surface area contributed by atoms with E-state index in [9.17, 15) is 14.7 Å². The molecule has 0 spiro atoms. The molecule has 1 heterocycles. The van der Waals surface area contributed by atoms with Gasteiger partial charge in [0.05, 0.1) is 29.9 Å². The molecule has 1 aliphatic heterocycles. The second kappa shape index (κ2) is 11.0. The fraction of sp³-hybridized carbons (Fsp3) is 0.379. The summed E-state index contributed by atoms with van der Waals surface area (Å²) in [6.45, 7) is 7.58. The van der Waals surface area contributed by atoms with Crippen molar-refractivity contribution in [2.24, 2.45) is 0 Å². The molecular weight excluding hydrogens is 538 g/mol. The molecule has 0 unspecified atom stereocenters. The van der Waals surface area contributed by atoms with Crippen LogP contribution in [0.1, 0.15) is 63.5 Å². The summed E-state index contributed by atoms with van der Waals surface area (Å²) in [5, 5.41) is 13.9. The number of phenolic OH excluding ortho intramolecular Hbond substituents is 1. The van der Waals surface area contributed by atoms with E-state index in [0.29, 0.717) is 46.3 Å². The second-order valence-electron chi connectivity index (χ2n) is 9.53. The standard InChI is InChI=1S/C29H32BrNO6/c1-6-36-24-14-19(11-21(30)28(24)33)26-25(29(34)37-15(2)3)16(4)31-22-12-18(13-23(32)27(22)26)17-7-9-20(35-5)10-8-17/h7-11,14-15,18,26,31,33H,6,12-13H2,1-5H3/t18-,26+/m0/s1. The van der Waals surface area contributed by atoms with Gasteiger partial charge in [-0.1, -0.05) is 12.1 Å². The summed E-state index contributed by atoms with van der Waals surface area (Å²) in [4.78, 5) is 27.1. The van der Waals surface area contributed by atoms with Crippen molar-refractivity contribution in [1.29, 1.82) is 0 Å². The molecule has 2 atom stereocenters. The average molecular weight is 570 g/mol. The Bertz CT molecular complexity index is 1280. The molecule has 2 aromatic carbocycles. The van der Waals surface area contributed by atoms with E-state index in [2.05, 4.69) is 21.2 Å². The lowest BCUT2D eigenvalue weighted by Gasteiger charge is -2.37. The molecule has 7 nitrogen and oxygen atoms in total. The number of Topliss-reactive ketones (excluding diaryl/α,β-unsaturated/α-hetero) is 1. The second-order valence-corrected chi connectivity index (χ2v) is 10.4. The zero-order valence-electron chi connectivity index (χ0n) is 21.7. The number of ether oxygens (including phenoxy) is 3. The third-order valence-corrected chi connectivity index (χ3v) is 7.27. The Balaban J connectivity index is 1.83. The first-order valence-electron chi connectivity index (χ1n) is 12.4. The summed E-state index contributed by atoms with van der Waals surface area (Å²) in [5.41, 5.74) is 4.07. The van der Waals surface area contributed by atoms with Crippen molar-refractivity contribution in [2.75, 3.05) is 13.7 Å². The molecule has 0 fully saturated rings. The Labute approximate surface area is 225 Å². The minimum Gasteiger partial charge on any atom is -0.503 e. The number of hydrogen-bond acceptors (Lipinski definition) is 7. The van der Waals surface area contributed by atoms with Crippen molar-refractivity contribution in [3.8, 4) is 17.2 Å². The van der Waals surface area contributed by atoms with E-state index in [1.165, 1.54) is 0 Å². The van der Waals surface area contributed by atoms with Gasteiger partial charge in [-0.3, -0.25) is 4.79 Å². The smallest absolute Gasteiger partial charge is 0.337 e. The molecule has 2 N–H and O–H groups in total. The fourth-order valence-corrected chi connectivity index (χ4v) is 5.52. The number of phenols is 1. The van der Waals surface area contributed by atoms with E-state index in [0.717, 1.165) is 17.0 Å². The molecule has 0 radical (unpaired) electrons. The van der Waals surface area contributed by atoms with Crippen molar-refractivity contribution in [3.05, 3.63) is 74.5 Å². The Morgan fingerprint density at radius 2 is 1.86 bits per heavy atom. The Kier molecular flexibility index (Phi) is 7.97. The van der Waals surface area contributed by atoms with Gasteiger partial charge in [0.1, 0.15) is 5.75 Å². The van der Waals surface area contributed by atoms with E-state index < -0.39 is 11.9 Å². The van der Waals surface area contributed by atoms with Crippen LogP contribution in [0.3, 0.4) is 0 Å². The van der Waals surface area contributed by atoms with Gasteiger partial charge in [0.2, 0.25) is 0 Å². The van der Waals surface area contributed by atoms with Crippen molar-refractivity contribution in [1.82, 2.24) is 5.32 Å². The first-order valence-corrected chi connectivity index (χ1v) is 13.2. The van der Waals surface area contributed by atoms with Crippen LogP contribution in [-0.4, -0.2) is 36.7 Å². The maximum atomic E-state index is 13.8. The molecular formula is C29H32BrNO6. The number of halogens is 1. The summed E-state index contributed by atoms with van der Waals surface area (Å²) in [6.07, 6.45) is 0.605. The van der Waals surface area contributed by atoms with E-state index in [-0.39, 0.29) is 29.3 Å². The first-order chi connectivity index (χ1) is 17.6. The third-order valence-electron chi connectivity index (χ3n) is 6.66. The number of hydrogen-bond donors (Lipinski definition) is 2. The third kappa shape index (κ3) is 5.39. The molecule has 2 aliphatic rings. The maximum absolute atomic E-state index is 13.8. The van der Waals surface area contributed by atoms with Crippen LogP contribution < -0.4 is 14.8 Å². The molecule has 0 saturated carbocycles. The number of carbonyl (C=O) groups excluding carboxylic acids is 2. The summed E-state index contributed by atoms with van der Waals surface area (Å²) < 4.78 is 16.9. The number of methoxy groups -OCH3 is 1. The molecule has 0 aromatic heterocycles. The van der Waals surface area contributed by atoms with Crippen LogP contribution in [0.25, 0.3) is 0 Å². The van der Waals surface area contributed by atoms with Gasteiger partial charge < -0.3 is 24.6 Å². The highest BCUT2D eigenvalue weighted by Crippen LogP contribution is 2.48. The summed E-state index contributed by atoms with van der Waals surface area (Å²) in [5.74, 6) is -0.184. The van der Waals surface area contributed by atoms with Crippen LogP contribution in [0.2, 0.25) is 0 Å². The van der Waals surface area contributed by atoms with Crippen LogP contribution in [-0.2, 0) is 14.3 Å². The average Bonchev–Trinajstić information content (AvgIpc) is 2.85. The minimum absolute atomic E-state index is 0.00666. The molecule has 2 aromatic rings. The molecule has 1 aliphatic carbocycles. The minimum atomic E-state index is -0.664. The predicted octanol–water partition coefficient (Wildman–Crippen LogP) is 5.88. The SMILES string of the molecule is CCOc1cc([C@@H]2C(C(=O)OC(C)C)=C(C)NC3=C2C(=O)C[C@@H](c2ccc(OC)cc2)C3)cc(Br)c1O. The largest absolute Gasteiger partial charge is 0.503 e. The van der Waals surface area contributed by atoms with E-state index in [1.54, 1.807) is 33.1 Å². The normalized spacial score (nSPS) is 19.5. The number of ketones is 1. The zero-order valence-corrected chi connectivity index (χ0v) is 23.3. The molecule has 37 heavy (non-hydrogen) atoms. The number of rotatable bonds is 7. The quantitative estimate of drug-likeness (QED) is 0.402. The van der Waals surface area contributed by atoms with Crippen molar-refractivity contribution < 1.29 is 28.9 Å². The van der Waals surface area contributed by atoms with Crippen LogP contribution in [0.5, 0.6) is 17.2 Å². The summed E-state index contributed by atoms with van der Waals surface area (Å²) >= 11 is 3.41. The van der Waals surface area contributed by atoms with Crippen LogP contribution in [0.4, 0.5) is 0 Å². The fourth-order valence-electron chi connectivity index (χ4n) is 5.06. The summed E-state index contributed by atoms with van der Waals surface area (Å²) in [7, 11) is 1.62. The van der Waals surface area contributed by atoms with Gasteiger partial charge in [-0.05, 0) is 91.4 Å². The highest BCUT2D eigenvalue weighted by molar-refractivity contribution is 9.10. The van der Waals surface area contributed by atoms with Crippen LogP contribution in [0.15, 0.2) is 63.4 Å². The van der Waals surface area contributed by atoms with Crippen LogP contribution in [0, 0.1) is 0 Å². The Hall–Kier alpha value is -3.26. The number of aromatic hydroxyl groups is 1. The number of esters is 1. The first kappa shape index (κ1) is 26.8. The van der Waals surface area contributed by atoms with Gasteiger partial charge in [-0.15, -0.1) is 0 Å². The van der Waals surface area contributed by atoms with Gasteiger partial charge in [-0.2, -0.15) is 0 Å². The lowest BCUT2D eigenvalue weighted by molar-refractivity contribution is -0.143. The van der Waals surface area contributed by atoms with Gasteiger partial charge in [0, 0.05) is 29.3 Å². The maximum Gasteiger partial charge on any atom is 0.337 e. The Morgan fingerprint density at radius 3 is 2.49 bits per heavy atom. The number of allylic oxidation sites excluding steroid dienone is 3. The molecule has 0 saturated heterocycles. The van der Waals surface area contributed by atoms with Gasteiger partial charge in [-0.25, -0.2) is 4.79 Å². The van der Waals surface area contributed by atoms with E-state index in [1.807, 2.05) is 38.1 Å². The number of benzene rings is 2. The van der Waals surface area contributed by atoms with Gasteiger partial charge in [0.25, 0.3) is 0 Å². The van der Waals surface area contributed by atoms with E-state index >= 15 is 0 Å². The van der Waals surface area contributed by atoms with Crippen molar-refractivity contribution >= 4 is 27.7 Å². The monoisotopic (exact) mass is 569 g/mol. The highest BCUT2D eigenvalue weighted by Gasteiger charge is 2.42. The number of carbonyl (C=O) groups is 2.